The fourth-order valence-electron chi connectivity index (χ4n) is 2.88. The smallest absolute Gasteiger partial charge is 0.227 e. The fraction of sp³-hybridized carbons (Fsp3) is 0.211. The predicted molar refractivity (Wildman–Crippen MR) is 114 cm³/mol. The first-order valence-corrected chi connectivity index (χ1v) is 10.4. The van der Waals surface area contributed by atoms with E-state index in [-0.39, 0.29) is 12.3 Å². The molecule has 0 bridgehead atoms. The Morgan fingerprint density at radius 3 is 2.86 bits per heavy atom. The summed E-state index contributed by atoms with van der Waals surface area (Å²) in [7, 11) is 0. The summed E-state index contributed by atoms with van der Waals surface area (Å²) in [6.07, 6.45) is 6.54. The van der Waals surface area contributed by atoms with E-state index in [1.165, 1.54) is 5.56 Å². The molecule has 0 aliphatic heterocycles. The molecule has 0 saturated heterocycles. The van der Waals surface area contributed by atoms with Crippen LogP contribution in [-0.4, -0.2) is 35.4 Å². The molecule has 4 aromatic rings. The summed E-state index contributed by atoms with van der Waals surface area (Å²) in [4.78, 5) is 17.4. The van der Waals surface area contributed by atoms with Crippen molar-refractivity contribution in [3.63, 3.8) is 0 Å². The maximum absolute atomic E-state index is 12.4. The molecule has 0 unspecified atom stereocenters. The normalized spacial score (nSPS) is 10.9. The molecule has 0 aliphatic carbocycles. The van der Waals surface area contributed by atoms with Crippen molar-refractivity contribution in [3.05, 3.63) is 64.6 Å². The Morgan fingerprint density at radius 1 is 1.21 bits per heavy atom. The quantitative estimate of drug-likeness (QED) is 0.421. The number of aromatic amines is 1. The van der Waals surface area contributed by atoms with Gasteiger partial charge in [0.1, 0.15) is 0 Å². The Hall–Kier alpha value is -3.11. The summed E-state index contributed by atoms with van der Waals surface area (Å²) in [5, 5.41) is 16.3. The van der Waals surface area contributed by atoms with E-state index in [0.717, 1.165) is 23.7 Å². The summed E-state index contributed by atoms with van der Waals surface area (Å²) >= 11 is 6.88. The first kappa shape index (κ1) is 19.2. The van der Waals surface area contributed by atoms with Crippen LogP contribution in [0.4, 0.5) is 5.82 Å². The minimum atomic E-state index is -0.121. The van der Waals surface area contributed by atoms with E-state index in [2.05, 4.69) is 25.6 Å². The fourth-order valence-corrected chi connectivity index (χ4v) is 3.83. The number of nitrogens with one attached hydrogen (secondary N) is 2. The average molecular weight is 426 g/mol. The molecule has 0 fully saturated rings. The lowest BCUT2D eigenvalue weighted by molar-refractivity contribution is -0.116. The number of aromatic nitrogens is 6. The van der Waals surface area contributed by atoms with Crippen molar-refractivity contribution in [2.24, 2.45) is 0 Å². The second-order valence-corrected chi connectivity index (χ2v) is 7.68. The van der Waals surface area contributed by atoms with Gasteiger partial charge in [-0.1, -0.05) is 6.07 Å². The van der Waals surface area contributed by atoms with Crippen molar-refractivity contribution in [1.29, 1.82) is 0 Å². The molecule has 4 rings (SSSR count). The van der Waals surface area contributed by atoms with Crippen LogP contribution < -0.4 is 5.32 Å². The lowest BCUT2D eigenvalue weighted by Gasteiger charge is -2.06. The molecule has 0 spiro atoms. The van der Waals surface area contributed by atoms with Crippen molar-refractivity contribution < 1.29 is 4.79 Å². The van der Waals surface area contributed by atoms with Crippen LogP contribution in [0.15, 0.2) is 54.3 Å². The lowest BCUT2D eigenvalue weighted by atomic mass is 10.2. The molecule has 0 saturated carbocycles. The van der Waals surface area contributed by atoms with Crippen LogP contribution in [0.2, 0.25) is 0 Å². The van der Waals surface area contributed by atoms with Gasteiger partial charge in [-0.2, -0.15) is 10.2 Å². The number of anilines is 1. The van der Waals surface area contributed by atoms with Crippen LogP contribution in [-0.2, 0) is 24.3 Å². The van der Waals surface area contributed by atoms with Gasteiger partial charge < -0.3 is 5.32 Å². The molecule has 4 aromatic heterocycles. The van der Waals surface area contributed by atoms with E-state index in [1.807, 2.05) is 45.1 Å². The van der Waals surface area contributed by atoms with Crippen LogP contribution in [0.3, 0.4) is 0 Å². The Labute approximate surface area is 176 Å². The van der Waals surface area contributed by atoms with E-state index in [0.29, 0.717) is 17.1 Å². The SMILES string of the molecule is O=C(CCn1c(-c2cccs2)n[nH]c1=S)Nc1ccn(CCc2ccncc2)n1. The van der Waals surface area contributed by atoms with Crippen LogP contribution in [0.25, 0.3) is 10.7 Å². The highest BCUT2D eigenvalue weighted by Crippen LogP contribution is 2.22. The maximum atomic E-state index is 12.4. The van der Waals surface area contributed by atoms with Gasteiger partial charge in [-0.15, -0.1) is 11.3 Å². The Morgan fingerprint density at radius 2 is 2.07 bits per heavy atom. The van der Waals surface area contributed by atoms with Crippen molar-refractivity contribution in [2.75, 3.05) is 5.32 Å². The highest BCUT2D eigenvalue weighted by molar-refractivity contribution is 7.71. The molecule has 0 radical (unpaired) electrons. The van der Waals surface area contributed by atoms with Gasteiger partial charge in [-0.05, 0) is 47.8 Å². The molecule has 1 amide bonds. The van der Waals surface area contributed by atoms with E-state index in [4.69, 9.17) is 12.2 Å². The van der Waals surface area contributed by atoms with Gasteiger partial charge in [0, 0.05) is 44.2 Å². The number of carbonyl (C=O) groups is 1. The van der Waals surface area contributed by atoms with E-state index in [9.17, 15) is 4.79 Å². The van der Waals surface area contributed by atoms with Gasteiger partial charge in [0.25, 0.3) is 0 Å². The number of nitrogens with zero attached hydrogens (tertiary/aromatic N) is 5. The van der Waals surface area contributed by atoms with Crippen molar-refractivity contribution >= 4 is 35.3 Å². The monoisotopic (exact) mass is 425 g/mol. The van der Waals surface area contributed by atoms with Crippen molar-refractivity contribution in [1.82, 2.24) is 29.5 Å². The van der Waals surface area contributed by atoms with E-state index in [1.54, 1.807) is 29.8 Å². The molecule has 10 heteroatoms. The van der Waals surface area contributed by atoms with Crippen LogP contribution >= 0.6 is 23.6 Å². The molecule has 4 heterocycles. The first-order valence-electron chi connectivity index (χ1n) is 9.10. The summed E-state index contributed by atoms with van der Waals surface area (Å²) in [5.41, 5.74) is 1.19. The first-order chi connectivity index (χ1) is 14.2. The molecule has 0 aliphatic rings. The zero-order chi connectivity index (χ0) is 20.1. The molecule has 0 atom stereocenters. The highest BCUT2D eigenvalue weighted by atomic mass is 32.1. The molecule has 29 heavy (non-hydrogen) atoms. The summed E-state index contributed by atoms with van der Waals surface area (Å²) < 4.78 is 4.16. The van der Waals surface area contributed by atoms with Gasteiger partial charge in [0.2, 0.25) is 5.91 Å². The van der Waals surface area contributed by atoms with Crippen LogP contribution in [0.1, 0.15) is 12.0 Å². The standard InChI is InChI=1S/C19H19N7OS2/c27-17(7-12-26-18(22-23-19(26)28)15-2-1-13-29-15)21-16-6-11-25(24-16)10-5-14-3-8-20-9-4-14/h1-4,6,8-9,11,13H,5,7,10,12H2,(H,23,28)(H,21,24,27). The topological polar surface area (TPSA) is 93.4 Å². The highest BCUT2D eigenvalue weighted by Gasteiger charge is 2.12. The molecule has 0 aromatic carbocycles. The third kappa shape index (κ3) is 4.84. The summed E-state index contributed by atoms with van der Waals surface area (Å²) in [6.45, 7) is 1.17. The number of thiophene rings is 1. The Kier molecular flexibility index (Phi) is 5.92. The van der Waals surface area contributed by atoms with Gasteiger partial charge in [0.05, 0.1) is 4.88 Å². The van der Waals surface area contributed by atoms with Crippen molar-refractivity contribution in [2.45, 2.75) is 25.9 Å². The molecule has 148 valence electrons. The molecule has 2 N–H and O–H groups in total. The largest absolute Gasteiger partial charge is 0.309 e. The number of carbonyl (C=O) groups excluding carboxylic acids is 1. The average Bonchev–Trinajstić information content (AvgIpc) is 3.47. The third-order valence-electron chi connectivity index (χ3n) is 4.35. The summed E-state index contributed by atoms with van der Waals surface area (Å²) in [6, 6.07) is 9.70. The number of pyridine rings is 1. The Bertz CT molecular complexity index is 1130. The van der Waals surface area contributed by atoms with Gasteiger partial charge >= 0.3 is 0 Å². The second-order valence-electron chi connectivity index (χ2n) is 6.35. The minimum absolute atomic E-state index is 0.121. The number of amides is 1. The zero-order valence-electron chi connectivity index (χ0n) is 15.5. The molecular weight excluding hydrogens is 406 g/mol. The zero-order valence-corrected chi connectivity index (χ0v) is 17.1. The number of H-pyrrole nitrogens is 1. The second kappa shape index (κ2) is 8.93. The van der Waals surface area contributed by atoms with Crippen molar-refractivity contribution in [3.8, 4) is 10.7 Å². The lowest BCUT2D eigenvalue weighted by Crippen LogP contribution is -2.15. The predicted octanol–water partition coefficient (Wildman–Crippen LogP) is 3.53. The number of hydrogen-bond acceptors (Lipinski definition) is 6. The van der Waals surface area contributed by atoms with Gasteiger partial charge in [-0.3, -0.25) is 24.1 Å². The minimum Gasteiger partial charge on any atom is -0.309 e. The maximum Gasteiger partial charge on any atom is 0.227 e. The van der Waals surface area contributed by atoms with Crippen LogP contribution in [0.5, 0.6) is 0 Å². The van der Waals surface area contributed by atoms with Gasteiger partial charge in [-0.25, -0.2) is 0 Å². The van der Waals surface area contributed by atoms with E-state index < -0.39 is 0 Å². The summed E-state index contributed by atoms with van der Waals surface area (Å²) in [5.74, 6) is 1.17. The Balaban J connectivity index is 1.31. The number of aryl methyl sites for hydroxylation is 2. The van der Waals surface area contributed by atoms with Crippen LogP contribution in [0, 0.1) is 4.77 Å². The molecule has 8 nitrogen and oxygen atoms in total. The van der Waals surface area contributed by atoms with Gasteiger partial charge in [0.15, 0.2) is 16.4 Å². The van der Waals surface area contributed by atoms with E-state index >= 15 is 0 Å². The molecular formula is C19H19N7OS2. The number of hydrogen-bond donors (Lipinski definition) is 2. The third-order valence-corrected chi connectivity index (χ3v) is 5.53. The number of rotatable bonds is 8.